The molecule has 1 aromatic heterocycles. The number of benzene rings is 1. The van der Waals surface area contributed by atoms with Crippen molar-refractivity contribution in [1.82, 2.24) is 9.71 Å². The SMILES string of the molecule is Cc1ccc(C2CCC(F)(F)CC2)c(OC2(C(=O)NS(=O)(=O)c3cccc(NCC(C)O)n3)CC2)c1. The van der Waals surface area contributed by atoms with Crippen LogP contribution in [0.25, 0.3) is 0 Å². The fraction of sp³-hybridized carbons (Fsp3) is 0.520. The Morgan fingerprint density at radius 1 is 1.19 bits per heavy atom. The number of ether oxygens (including phenoxy) is 1. The van der Waals surface area contributed by atoms with Crippen LogP contribution in [-0.2, 0) is 14.8 Å². The molecule has 0 spiro atoms. The Balaban J connectivity index is 1.49. The van der Waals surface area contributed by atoms with Crippen LogP contribution in [0.4, 0.5) is 14.6 Å². The molecule has 2 aliphatic rings. The number of carbonyl (C=O) groups excluding carboxylic acids is 1. The summed E-state index contributed by atoms with van der Waals surface area (Å²) >= 11 is 0. The maximum absolute atomic E-state index is 13.7. The quantitative estimate of drug-likeness (QED) is 0.456. The van der Waals surface area contributed by atoms with Gasteiger partial charge in [0.25, 0.3) is 15.9 Å². The summed E-state index contributed by atoms with van der Waals surface area (Å²) < 4.78 is 61.4. The average molecular weight is 524 g/mol. The predicted octanol–water partition coefficient (Wildman–Crippen LogP) is 3.89. The van der Waals surface area contributed by atoms with Crippen molar-refractivity contribution < 1.29 is 31.8 Å². The summed E-state index contributed by atoms with van der Waals surface area (Å²) in [7, 11) is -4.28. The van der Waals surface area contributed by atoms with Crippen LogP contribution >= 0.6 is 0 Å². The Kier molecular flexibility index (Phi) is 7.25. The second-order valence-corrected chi connectivity index (χ2v) is 11.4. The summed E-state index contributed by atoms with van der Waals surface area (Å²) in [5, 5.41) is 11.9. The van der Waals surface area contributed by atoms with Crippen molar-refractivity contribution in [3.05, 3.63) is 47.5 Å². The third-order valence-electron chi connectivity index (χ3n) is 6.55. The summed E-state index contributed by atoms with van der Waals surface area (Å²) in [5.41, 5.74) is 0.289. The molecule has 4 rings (SSSR count). The zero-order valence-corrected chi connectivity index (χ0v) is 21.1. The minimum absolute atomic E-state index is 0.121. The monoisotopic (exact) mass is 523 g/mol. The van der Waals surface area contributed by atoms with Gasteiger partial charge in [-0.25, -0.2) is 18.5 Å². The molecule has 1 aromatic carbocycles. The number of alkyl halides is 2. The van der Waals surface area contributed by atoms with E-state index in [0.29, 0.717) is 31.4 Å². The first-order chi connectivity index (χ1) is 16.9. The molecule has 1 unspecified atom stereocenters. The number of carbonyl (C=O) groups is 1. The number of nitrogens with zero attached hydrogens (tertiary/aromatic N) is 1. The number of aryl methyl sites for hydroxylation is 1. The number of aliphatic hydroxyl groups is 1. The molecule has 2 aliphatic carbocycles. The molecule has 0 radical (unpaired) electrons. The van der Waals surface area contributed by atoms with Crippen LogP contribution < -0.4 is 14.8 Å². The summed E-state index contributed by atoms with van der Waals surface area (Å²) in [6.07, 6.45) is 0.216. The van der Waals surface area contributed by atoms with Crippen molar-refractivity contribution in [2.45, 2.75) is 80.9 Å². The zero-order valence-electron chi connectivity index (χ0n) is 20.3. The van der Waals surface area contributed by atoms with Crippen molar-refractivity contribution in [3.63, 3.8) is 0 Å². The second-order valence-electron chi connectivity index (χ2n) is 9.79. The summed E-state index contributed by atoms with van der Waals surface area (Å²) in [5.74, 6) is -2.91. The zero-order chi connectivity index (χ0) is 26.1. The molecule has 0 aliphatic heterocycles. The predicted molar refractivity (Wildman–Crippen MR) is 130 cm³/mol. The molecule has 1 amide bonds. The first-order valence-electron chi connectivity index (χ1n) is 12.0. The van der Waals surface area contributed by atoms with Gasteiger partial charge in [0.1, 0.15) is 11.6 Å². The van der Waals surface area contributed by atoms with Gasteiger partial charge >= 0.3 is 0 Å². The van der Waals surface area contributed by atoms with E-state index in [9.17, 15) is 27.1 Å². The van der Waals surface area contributed by atoms with Gasteiger partial charge in [-0.3, -0.25) is 4.79 Å². The lowest BCUT2D eigenvalue weighted by Crippen LogP contribution is -2.43. The number of pyridine rings is 1. The molecule has 3 N–H and O–H groups in total. The fourth-order valence-electron chi connectivity index (χ4n) is 4.30. The normalized spacial score (nSPS) is 19.8. The van der Waals surface area contributed by atoms with E-state index in [1.807, 2.05) is 19.1 Å². The van der Waals surface area contributed by atoms with E-state index in [0.717, 1.165) is 11.1 Å². The van der Waals surface area contributed by atoms with Gasteiger partial charge in [0, 0.05) is 32.2 Å². The van der Waals surface area contributed by atoms with Crippen LogP contribution in [0.5, 0.6) is 5.75 Å². The Hall–Kier alpha value is -2.79. The number of aliphatic hydroxyl groups excluding tert-OH is 1. The summed E-state index contributed by atoms with van der Waals surface area (Å²) in [6, 6.07) is 9.79. The van der Waals surface area contributed by atoms with E-state index in [4.69, 9.17) is 4.74 Å². The van der Waals surface area contributed by atoms with Gasteiger partial charge in [0.15, 0.2) is 10.6 Å². The van der Waals surface area contributed by atoms with Gasteiger partial charge in [-0.2, -0.15) is 8.42 Å². The van der Waals surface area contributed by atoms with Crippen molar-refractivity contribution in [2.24, 2.45) is 0 Å². The van der Waals surface area contributed by atoms with Crippen LogP contribution in [0.1, 0.15) is 62.5 Å². The number of anilines is 1. The van der Waals surface area contributed by atoms with Crippen LogP contribution in [0.3, 0.4) is 0 Å². The molecule has 1 heterocycles. The molecule has 196 valence electrons. The first-order valence-corrected chi connectivity index (χ1v) is 13.5. The fourth-order valence-corrected chi connectivity index (χ4v) is 5.31. The van der Waals surface area contributed by atoms with Crippen LogP contribution in [0.15, 0.2) is 41.4 Å². The van der Waals surface area contributed by atoms with Gasteiger partial charge in [-0.05, 0) is 61.9 Å². The highest BCUT2D eigenvalue weighted by Gasteiger charge is 2.54. The number of nitrogens with one attached hydrogen (secondary N) is 2. The van der Waals surface area contributed by atoms with E-state index in [1.54, 1.807) is 19.1 Å². The molecule has 0 saturated heterocycles. The molecule has 8 nitrogen and oxygen atoms in total. The van der Waals surface area contributed by atoms with Crippen molar-refractivity contribution in [1.29, 1.82) is 0 Å². The van der Waals surface area contributed by atoms with Gasteiger partial charge in [0.05, 0.1) is 6.10 Å². The molecular weight excluding hydrogens is 492 g/mol. The summed E-state index contributed by atoms with van der Waals surface area (Å²) in [6.45, 7) is 3.61. The first kappa shape index (κ1) is 26.3. The van der Waals surface area contributed by atoms with Crippen LogP contribution in [0, 0.1) is 6.92 Å². The van der Waals surface area contributed by atoms with E-state index in [-0.39, 0.29) is 36.1 Å². The molecule has 2 fully saturated rings. The van der Waals surface area contributed by atoms with Crippen LogP contribution in [0.2, 0.25) is 0 Å². The van der Waals surface area contributed by atoms with E-state index in [1.165, 1.54) is 12.1 Å². The van der Waals surface area contributed by atoms with Crippen molar-refractivity contribution >= 4 is 21.7 Å². The molecule has 2 aromatic rings. The number of amides is 1. The van der Waals surface area contributed by atoms with E-state index >= 15 is 0 Å². The number of hydrogen-bond donors (Lipinski definition) is 3. The topological polar surface area (TPSA) is 118 Å². The van der Waals surface area contributed by atoms with Gasteiger partial charge in [0.2, 0.25) is 5.92 Å². The Bertz CT molecular complexity index is 1220. The van der Waals surface area contributed by atoms with E-state index in [2.05, 4.69) is 15.0 Å². The second kappa shape index (κ2) is 9.93. The number of halogens is 2. The minimum Gasteiger partial charge on any atom is -0.477 e. The summed E-state index contributed by atoms with van der Waals surface area (Å²) in [4.78, 5) is 17.1. The Morgan fingerprint density at radius 2 is 1.89 bits per heavy atom. The lowest BCUT2D eigenvalue weighted by atomic mass is 9.81. The maximum atomic E-state index is 13.7. The largest absolute Gasteiger partial charge is 0.477 e. The average Bonchev–Trinajstić information content (AvgIpc) is 3.59. The highest BCUT2D eigenvalue weighted by molar-refractivity contribution is 7.90. The highest BCUT2D eigenvalue weighted by Crippen LogP contribution is 2.47. The smallest absolute Gasteiger partial charge is 0.281 e. The third-order valence-corrected chi connectivity index (χ3v) is 7.79. The minimum atomic E-state index is -4.28. The van der Waals surface area contributed by atoms with E-state index < -0.39 is 33.6 Å². The molecule has 36 heavy (non-hydrogen) atoms. The molecular formula is C25H31F2N3O5S. The lowest BCUT2D eigenvalue weighted by Gasteiger charge is -2.30. The molecule has 11 heteroatoms. The Labute approximate surface area is 209 Å². The lowest BCUT2D eigenvalue weighted by molar-refractivity contribution is -0.128. The highest BCUT2D eigenvalue weighted by atomic mass is 32.2. The molecule has 2 saturated carbocycles. The third kappa shape index (κ3) is 6.12. The van der Waals surface area contributed by atoms with Crippen LogP contribution in [-0.4, -0.2) is 48.6 Å². The van der Waals surface area contributed by atoms with Crippen molar-refractivity contribution in [2.75, 3.05) is 11.9 Å². The van der Waals surface area contributed by atoms with Gasteiger partial charge in [-0.1, -0.05) is 18.2 Å². The van der Waals surface area contributed by atoms with Crippen molar-refractivity contribution in [3.8, 4) is 5.75 Å². The van der Waals surface area contributed by atoms with Gasteiger partial charge < -0.3 is 15.2 Å². The van der Waals surface area contributed by atoms with Gasteiger partial charge in [-0.15, -0.1) is 0 Å². The number of sulfonamides is 1. The number of aromatic nitrogens is 1. The Morgan fingerprint density at radius 3 is 2.53 bits per heavy atom. The maximum Gasteiger partial charge on any atom is 0.281 e. The number of rotatable bonds is 9. The molecule has 0 bridgehead atoms. The molecule has 1 atom stereocenters. The standard InChI is InChI=1S/C25H31F2N3O5S/c1-16-6-7-19(18-8-10-25(26,27)11-9-18)20(14-16)35-24(12-13-24)23(32)30-36(33,34)22-5-3-4-21(29-22)28-15-17(2)31/h3-7,14,17-18,31H,8-13,15H2,1-2H3,(H,28,29)(H,30,32). The number of hydrogen-bond acceptors (Lipinski definition) is 7.